The van der Waals surface area contributed by atoms with Crippen LogP contribution >= 0.6 is 0 Å². The van der Waals surface area contributed by atoms with Crippen LogP contribution in [0.3, 0.4) is 0 Å². The Morgan fingerprint density at radius 1 is 1.00 bits per heavy atom. The molecule has 0 bridgehead atoms. The third-order valence-corrected chi connectivity index (χ3v) is 6.44. The van der Waals surface area contributed by atoms with Gasteiger partial charge < -0.3 is 15.0 Å². The molecule has 2 heterocycles. The van der Waals surface area contributed by atoms with E-state index in [-0.39, 0.29) is 17.9 Å². The SMILES string of the molecule is CCOc1ccccc1CNC(=O)[C@@H]1c2ccccc2C(=O)N2CCc3ccccc3[C@@H]12. The molecular formula is C27H26N2O3. The second-order valence-corrected chi connectivity index (χ2v) is 8.22. The number of ether oxygens (including phenoxy) is 1. The summed E-state index contributed by atoms with van der Waals surface area (Å²) in [6.45, 7) is 3.50. The largest absolute Gasteiger partial charge is 0.494 e. The summed E-state index contributed by atoms with van der Waals surface area (Å²) in [6.07, 6.45) is 0.802. The van der Waals surface area contributed by atoms with Crippen LogP contribution in [0.5, 0.6) is 5.75 Å². The molecule has 0 saturated carbocycles. The average Bonchev–Trinajstić information content (AvgIpc) is 2.84. The summed E-state index contributed by atoms with van der Waals surface area (Å²) >= 11 is 0. The highest BCUT2D eigenvalue weighted by molar-refractivity contribution is 6.01. The van der Waals surface area contributed by atoms with E-state index < -0.39 is 5.92 Å². The molecule has 5 heteroatoms. The van der Waals surface area contributed by atoms with Gasteiger partial charge in [-0.3, -0.25) is 9.59 Å². The Kier molecular flexibility index (Phi) is 5.39. The molecule has 2 atom stereocenters. The Hall–Kier alpha value is -3.60. The molecule has 0 spiro atoms. The average molecular weight is 427 g/mol. The maximum absolute atomic E-state index is 13.7. The summed E-state index contributed by atoms with van der Waals surface area (Å²) in [5.74, 6) is 0.234. The molecule has 3 aromatic rings. The minimum Gasteiger partial charge on any atom is -0.494 e. The van der Waals surface area contributed by atoms with Crippen molar-refractivity contribution in [2.45, 2.75) is 31.8 Å². The lowest BCUT2D eigenvalue weighted by atomic mass is 9.76. The first-order chi connectivity index (χ1) is 15.7. The maximum Gasteiger partial charge on any atom is 0.254 e. The molecule has 1 N–H and O–H groups in total. The first-order valence-corrected chi connectivity index (χ1v) is 11.1. The summed E-state index contributed by atoms with van der Waals surface area (Å²) in [4.78, 5) is 28.9. The van der Waals surface area contributed by atoms with Crippen LogP contribution in [0, 0.1) is 0 Å². The standard InChI is InChI=1S/C27H26N2O3/c1-2-32-23-14-8-4-10-19(23)17-28-26(30)24-21-12-6-7-13-22(21)27(31)29-16-15-18-9-3-5-11-20(18)25(24)29/h3-14,24-25H,2,15-17H2,1H3,(H,28,30)/t24-,25+/m1/s1. The quantitative estimate of drug-likeness (QED) is 0.664. The molecular weight excluding hydrogens is 400 g/mol. The van der Waals surface area contributed by atoms with Gasteiger partial charge in [-0.1, -0.05) is 60.7 Å². The second kappa shape index (κ2) is 8.50. The molecule has 2 aliphatic heterocycles. The molecule has 0 unspecified atom stereocenters. The third-order valence-electron chi connectivity index (χ3n) is 6.44. The molecule has 2 aliphatic rings. The van der Waals surface area contributed by atoms with Crippen LogP contribution in [-0.4, -0.2) is 29.9 Å². The second-order valence-electron chi connectivity index (χ2n) is 8.22. The summed E-state index contributed by atoms with van der Waals surface area (Å²) in [5.41, 5.74) is 4.63. The number of hydrogen-bond donors (Lipinski definition) is 1. The van der Waals surface area contributed by atoms with Crippen molar-refractivity contribution < 1.29 is 14.3 Å². The van der Waals surface area contributed by atoms with Crippen molar-refractivity contribution in [2.24, 2.45) is 0 Å². The van der Waals surface area contributed by atoms with E-state index in [0.717, 1.165) is 28.9 Å². The van der Waals surface area contributed by atoms with Crippen molar-refractivity contribution in [1.29, 1.82) is 0 Å². The molecule has 0 fully saturated rings. The minimum absolute atomic E-state index is 0.00541. The number of benzene rings is 3. The van der Waals surface area contributed by atoms with Crippen molar-refractivity contribution in [2.75, 3.05) is 13.2 Å². The van der Waals surface area contributed by atoms with Crippen LogP contribution < -0.4 is 10.1 Å². The van der Waals surface area contributed by atoms with Gasteiger partial charge in [0.15, 0.2) is 0 Å². The summed E-state index contributed by atoms with van der Waals surface area (Å²) < 4.78 is 5.71. The monoisotopic (exact) mass is 426 g/mol. The first kappa shape index (κ1) is 20.3. The fraction of sp³-hybridized carbons (Fsp3) is 0.259. The van der Waals surface area contributed by atoms with E-state index in [1.807, 2.05) is 72.5 Å². The summed E-state index contributed by atoms with van der Waals surface area (Å²) in [5, 5.41) is 3.13. The van der Waals surface area contributed by atoms with Crippen LogP contribution in [0.25, 0.3) is 0 Å². The molecule has 0 aromatic heterocycles. The van der Waals surface area contributed by atoms with E-state index in [2.05, 4.69) is 17.4 Å². The van der Waals surface area contributed by atoms with Crippen LogP contribution in [-0.2, 0) is 17.8 Å². The van der Waals surface area contributed by atoms with E-state index in [9.17, 15) is 9.59 Å². The van der Waals surface area contributed by atoms with Crippen LogP contribution in [0.15, 0.2) is 72.8 Å². The van der Waals surface area contributed by atoms with Gasteiger partial charge in [0.1, 0.15) is 5.75 Å². The number of hydrogen-bond acceptors (Lipinski definition) is 3. The number of amides is 2. The van der Waals surface area contributed by atoms with Crippen molar-refractivity contribution in [3.8, 4) is 5.75 Å². The number of nitrogens with one attached hydrogen (secondary N) is 1. The van der Waals surface area contributed by atoms with Gasteiger partial charge in [-0.15, -0.1) is 0 Å². The predicted molar refractivity (Wildman–Crippen MR) is 123 cm³/mol. The lowest BCUT2D eigenvalue weighted by Gasteiger charge is -2.45. The zero-order chi connectivity index (χ0) is 22.1. The topological polar surface area (TPSA) is 58.6 Å². The molecule has 3 aromatic carbocycles. The molecule has 5 nitrogen and oxygen atoms in total. The normalized spacial score (nSPS) is 18.9. The van der Waals surface area contributed by atoms with Crippen LogP contribution in [0.4, 0.5) is 0 Å². The molecule has 5 rings (SSSR count). The Labute approximate surface area is 188 Å². The summed E-state index contributed by atoms with van der Waals surface area (Å²) in [7, 11) is 0. The van der Waals surface area contributed by atoms with E-state index in [1.54, 1.807) is 0 Å². The van der Waals surface area contributed by atoms with Gasteiger partial charge in [0.05, 0.1) is 18.6 Å². The zero-order valence-corrected chi connectivity index (χ0v) is 18.1. The van der Waals surface area contributed by atoms with Crippen molar-refractivity contribution in [3.63, 3.8) is 0 Å². The van der Waals surface area contributed by atoms with Crippen molar-refractivity contribution in [1.82, 2.24) is 10.2 Å². The van der Waals surface area contributed by atoms with E-state index in [0.29, 0.717) is 25.3 Å². The Bertz CT molecular complexity index is 1170. The molecule has 2 amide bonds. The van der Waals surface area contributed by atoms with E-state index in [1.165, 1.54) is 5.56 Å². The van der Waals surface area contributed by atoms with Gasteiger partial charge in [0, 0.05) is 24.2 Å². The van der Waals surface area contributed by atoms with Gasteiger partial charge in [0.2, 0.25) is 5.91 Å². The lowest BCUT2D eigenvalue weighted by Crippen LogP contribution is -2.50. The number of rotatable bonds is 5. The fourth-order valence-corrected chi connectivity index (χ4v) is 5.00. The maximum atomic E-state index is 13.7. The third kappa shape index (κ3) is 3.44. The highest BCUT2D eigenvalue weighted by atomic mass is 16.5. The number of nitrogens with zero attached hydrogens (tertiary/aromatic N) is 1. The minimum atomic E-state index is -0.468. The number of carbonyl (C=O) groups excluding carboxylic acids is 2. The molecule has 162 valence electrons. The Morgan fingerprint density at radius 2 is 1.72 bits per heavy atom. The van der Waals surface area contributed by atoms with Crippen molar-refractivity contribution >= 4 is 11.8 Å². The molecule has 0 radical (unpaired) electrons. The zero-order valence-electron chi connectivity index (χ0n) is 18.1. The lowest BCUT2D eigenvalue weighted by molar-refractivity contribution is -0.124. The van der Waals surface area contributed by atoms with E-state index >= 15 is 0 Å². The van der Waals surface area contributed by atoms with Gasteiger partial charge in [-0.2, -0.15) is 0 Å². The molecule has 0 aliphatic carbocycles. The number of para-hydroxylation sites is 1. The highest BCUT2D eigenvalue weighted by Crippen LogP contribution is 2.45. The van der Waals surface area contributed by atoms with Crippen molar-refractivity contribution in [3.05, 3.63) is 101 Å². The number of carbonyl (C=O) groups is 2. The van der Waals surface area contributed by atoms with Gasteiger partial charge in [-0.05, 0) is 42.2 Å². The van der Waals surface area contributed by atoms with E-state index in [4.69, 9.17) is 4.74 Å². The van der Waals surface area contributed by atoms with Gasteiger partial charge >= 0.3 is 0 Å². The number of fused-ring (bicyclic) bond motifs is 4. The van der Waals surface area contributed by atoms with Crippen LogP contribution in [0.1, 0.15) is 51.5 Å². The first-order valence-electron chi connectivity index (χ1n) is 11.1. The Morgan fingerprint density at radius 3 is 2.56 bits per heavy atom. The van der Waals surface area contributed by atoms with Gasteiger partial charge in [-0.25, -0.2) is 0 Å². The molecule has 32 heavy (non-hydrogen) atoms. The smallest absolute Gasteiger partial charge is 0.254 e. The fourth-order valence-electron chi connectivity index (χ4n) is 5.00. The van der Waals surface area contributed by atoms with Crippen LogP contribution in [0.2, 0.25) is 0 Å². The highest BCUT2D eigenvalue weighted by Gasteiger charge is 2.46. The summed E-state index contributed by atoms with van der Waals surface area (Å²) in [6, 6.07) is 23.1. The Balaban J connectivity index is 1.51. The molecule has 0 saturated heterocycles. The van der Waals surface area contributed by atoms with Gasteiger partial charge in [0.25, 0.3) is 5.91 Å². The predicted octanol–water partition coefficient (Wildman–Crippen LogP) is 4.24.